The highest BCUT2D eigenvalue weighted by molar-refractivity contribution is 7.99. The van der Waals surface area contributed by atoms with Gasteiger partial charge in [-0.05, 0) is 13.8 Å². The number of carbonyl (C=O) groups is 2. The number of H-pyrrole nitrogens is 1. The summed E-state index contributed by atoms with van der Waals surface area (Å²) >= 11 is 2.63. The van der Waals surface area contributed by atoms with E-state index >= 15 is 0 Å². The van der Waals surface area contributed by atoms with Crippen LogP contribution in [0.4, 0.5) is 10.9 Å². The van der Waals surface area contributed by atoms with Gasteiger partial charge in [0.25, 0.3) is 0 Å². The highest BCUT2D eigenvalue weighted by atomic mass is 32.2. The second-order valence-corrected chi connectivity index (χ2v) is 7.25. The summed E-state index contributed by atoms with van der Waals surface area (Å²) in [5.74, 6) is 0.607. The molecule has 0 aliphatic rings. The number of thioether (sulfide) groups is 1. The number of Topliss-reactive ketones (excluding diaryl/α,β-unsaturated/α-hetero) is 1. The Labute approximate surface area is 163 Å². The molecule has 0 atom stereocenters. The van der Waals surface area contributed by atoms with Crippen molar-refractivity contribution < 1.29 is 14.3 Å². The largest absolute Gasteiger partial charge is 0.466 e. The Bertz CT molecular complexity index is 925. The minimum atomic E-state index is -0.235. The van der Waals surface area contributed by atoms with Gasteiger partial charge in [-0.15, -0.1) is 11.3 Å². The first-order valence-electron chi connectivity index (χ1n) is 7.83. The summed E-state index contributed by atoms with van der Waals surface area (Å²) in [7, 11) is 0. The van der Waals surface area contributed by atoms with Crippen molar-refractivity contribution in [2.45, 2.75) is 25.4 Å². The molecule has 5 N–H and O–H groups in total. The number of nitrogens with zero attached hydrogens (tertiary/aromatic N) is 4. The lowest BCUT2D eigenvalue weighted by Gasteiger charge is -1.97. The molecule has 144 valence electrons. The number of imidazole rings is 1. The van der Waals surface area contributed by atoms with E-state index in [1.165, 1.54) is 36.3 Å². The number of nitrogens with two attached hydrogens (primary N) is 2. The third kappa shape index (κ3) is 6.49. The Balaban J connectivity index is 0.000000199. The van der Waals surface area contributed by atoms with Crippen molar-refractivity contribution in [3.63, 3.8) is 0 Å². The minimum Gasteiger partial charge on any atom is -0.466 e. The molecule has 0 aliphatic carbocycles. The molecule has 0 aliphatic heterocycles. The first kappa shape index (κ1) is 20.6. The number of fused-ring (bicyclic) bond motifs is 1. The maximum atomic E-state index is 10.9. The van der Waals surface area contributed by atoms with E-state index in [0.717, 1.165) is 4.88 Å². The lowest BCUT2D eigenvalue weighted by Crippen LogP contribution is -2.06. The molecule has 0 spiro atoms. The van der Waals surface area contributed by atoms with Crippen LogP contribution in [0.1, 0.15) is 18.7 Å². The first-order chi connectivity index (χ1) is 12.9. The molecular formula is C15H19N7O3S2. The quantitative estimate of drug-likeness (QED) is 0.401. The van der Waals surface area contributed by atoms with Crippen molar-refractivity contribution in [2.75, 3.05) is 23.8 Å². The molecule has 3 aromatic rings. The fourth-order valence-electron chi connectivity index (χ4n) is 1.82. The van der Waals surface area contributed by atoms with Crippen LogP contribution in [0.5, 0.6) is 0 Å². The Morgan fingerprint density at radius 3 is 2.67 bits per heavy atom. The second kappa shape index (κ2) is 9.83. The van der Waals surface area contributed by atoms with Gasteiger partial charge in [0.2, 0.25) is 0 Å². The number of hydrogen-bond acceptors (Lipinski definition) is 11. The Morgan fingerprint density at radius 2 is 2.07 bits per heavy atom. The number of ether oxygens (including phenoxy) is 1. The van der Waals surface area contributed by atoms with E-state index in [4.69, 9.17) is 16.2 Å². The van der Waals surface area contributed by atoms with Crippen LogP contribution in [-0.4, -0.2) is 49.0 Å². The van der Waals surface area contributed by atoms with Crippen LogP contribution in [-0.2, 0) is 20.7 Å². The highest BCUT2D eigenvalue weighted by Gasteiger charge is 2.08. The minimum absolute atomic E-state index is 0.0968. The molecule has 10 nitrogen and oxygen atoms in total. The number of esters is 1. The molecule has 12 heteroatoms. The molecule has 0 saturated carbocycles. The van der Waals surface area contributed by atoms with E-state index in [1.54, 1.807) is 13.1 Å². The van der Waals surface area contributed by atoms with Gasteiger partial charge in [-0.3, -0.25) is 9.59 Å². The van der Waals surface area contributed by atoms with Crippen molar-refractivity contribution in [1.29, 1.82) is 0 Å². The summed E-state index contributed by atoms with van der Waals surface area (Å²) in [6.45, 7) is 3.72. The number of nitrogens with one attached hydrogen (secondary N) is 1. The maximum Gasteiger partial charge on any atom is 0.311 e. The van der Waals surface area contributed by atoms with E-state index in [1.807, 2.05) is 0 Å². The first-order valence-corrected chi connectivity index (χ1v) is 9.63. The zero-order chi connectivity index (χ0) is 19.8. The van der Waals surface area contributed by atoms with Crippen LogP contribution in [0.25, 0.3) is 11.2 Å². The number of carbonyl (C=O) groups excluding carboxylic acids is 2. The molecule has 27 heavy (non-hydrogen) atoms. The molecule has 0 radical (unpaired) electrons. The zero-order valence-corrected chi connectivity index (χ0v) is 16.4. The van der Waals surface area contributed by atoms with Crippen molar-refractivity contribution in [1.82, 2.24) is 24.9 Å². The van der Waals surface area contributed by atoms with Crippen molar-refractivity contribution in [3.05, 3.63) is 17.4 Å². The van der Waals surface area contributed by atoms with E-state index in [2.05, 4.69) is 24.9 Å². The van der Waals surface area contributed by atoms with Crippen LogP contribution in [0, 0.1) is 0 Å². The third-order valence-corrected chi connectivity index (χ3v) is 4.75. The smallest absolute Gasteiger partial charge is 0.311 e. The van der Waals surface area contributed by atoms with Crippen molar-refractivity contribution >= 4 is 57.0 Å². The molecule has 0 amide bonds. The molecule has 3 aromatic heterocycles. The lowest BCUT2D eigenvalue weighted by molar-refractivity contribution is -0.142. The van der Waals surface area contributed by atoms with Gasteiger partial charge in [0.15, 0.2) is 21.8 Å². The van der Waals surface area contributed by atoms with Gasteiger partial charge >= 0.3 is 5.97 Å². The Kier molecular flexibility index (Phi) is 7.49. The lowest BCUT2D eigenvalue weighted by atomic mass is 10.4. The topological polar surface area (TPSA) is 163 Å². The summed E-state index contributed by atoms with van der Waals surface area (Å²) in [6.07, 6.45) is 3.22. The van der Waals surface area contributed by atoms with Crippen molar-refractivity contribution in [3.8, 4) is 0 Å². The molecule has 3 heterocycles. The van der Waals surface area contributed by atoms with Gasteiger partial charge in [0, 0.05) is 11.1 Å². The average Bonchev–Trinajstić information content (AvgIpc) is 3.20. The zero-order valence-electron chi connectivity index (χ0n) is 14.8. The monoisotopic (exact) mass is 409 g/mol. The van der Waals surface area contributed by atoms with E-state index in [9.17, 15) is 9.59 Å². The summed E-state index contributed by atoms with van der Waals surface area (Å²) in [6, 6.07) is 0. The average molecular weight is 409 g/mol. The fourth-order valence-corrected chi connectivity index (χ4v) is 3.16. The fraction of sp³-hybridized carbons (Fsp3) is 0.333. The number of hydrogen-bond donors (Lipinski definition) is 3. The second-order valence-electron chi connectivity index (χ2n) is 5.14. The van der Waals surface area contributed by atoms with Crippen LogP contribution in [0.15, 0.2) is 17.7 Å². The summed E-state index contributed by atoms with van der Waals surface area (Å²) in [5.41, 5.74) is 12.1. The predicted molar refractivity (Wildman–Crippen MR) is 104 cm³/mol. The molecule has 3 rings (SSSR count). The van der Waals surface area contributed by atoms with Crippen LogP contribution >= 0.6 is 23.1 Å². The Hall–Kier alpha value is -2.73. The van der Waals surface area contributed by atoms with Crippen LogP contribution in [0.2, 0.25) is 0 Å². The maximum absolute atomic E-state index is 10.9. The number of anilines is 2. The number of aromatic nitrogens is 5. The summed E-state index contributed by atoms with van der Waals surface area (Å²) < 4.78 is 4.75. The molecule has 0 unspecified atom stereocenters. The highest BCUT2D eigenvalue weighted by Crippen LogP contribution is 2.20. The van der Waals surface area contributed by atoms with Gasteiger partial charge in [-0.1, -0.05) is 11.8 Å². The van der Waals surface area contributed by atoms with Gasteiger partial charge in [0.1, 0.15) is 17.6 Å². The number of nitrogen functional groups attached to an aromatic ring is 2. The molecular weight excluding hydrogens is 390 g/mol. The summed E-state index contributed by atoms with van der Waals surface area (Å²) in [5, 5.41) is 1.11. The van der Waals surface area contributed by atoms with E-state index < -0.39 is 0 Å². The van der Waals surface area contributed by atoms with E-state index in [0.29, 0.717) is 39.6 Å². The van der Waals surface area contributed by atoms with Crippen LogP contribution in [0.3, 0.4) is 0 Å². The SMILES string of the molecule is CC(=O)CSc1nc2ncnc(N)c2[nH]1.CCOC(=O)Cc1cnc(N)s1. The number of thiazole rings is 1. The van der Waals surface area contributed by atoms with Crippen molar-refractivity contribution in [2.24, 2.45) is 0 Å². The van der Waals surface area contributed by atoms with Gasteiger partial charge in [-0.25, -0.2) is 19.9 Å². The molecule has 0 fully saturated rings. The molecule has 0 bridgehead atoms. The van der Waals surface area contributed by atoms with Gasteiger partial charge in [0.05, 0.1) is 18.8 Å². The third-order valence-electron chi connectivity index (χ3n) is 2.90. The number of aromatic amines is 1. The predicted octanol–water partition coefficient (Wildman–Crippen LogP) is 1.45. The molecule has 0 saturated heterocycles. The normalized spacial score (nSPS) is 10.3. The standard InChI is InChI=1S/C8H9N5OS.C7H10N2O2S/c1-4(14)2-15-8-12-5-6(9)10-3-11-7(5)13-8;1-2-11-6(10)3-5-4-9-7(8)12-5/h3H,2H2,1H3,(H3,9,10,11,12,13);4H,2-3H2,1H3,(H2,8,9). The Morgan fingerprint density at radius 1 is 1.30 bits per heavy atom. The summed E-state index contributed by atoms with van der Waals surface area (Å²) in [4.78, 5) is 41.3. The van der Waals surface area contributed by atoms with Crippen LogP contribution < -0.4 is 11.5 Å². The van der Waals surface area contributed by atoms with E-state index in [-0.39, 0.29) is 18.2 Å². The van der Waals surface area contributed by atoms with Gasteiger partial charge < -0.3 is 21.2 Å². The number of rotatable bonds is 6. The molecule has 0 aromatic carbocycles. The van der Waals surface area contributed by atoms with Gasteiger partial charge in [-0.2, -0.15) is 0 Å². The number of ketones is 1.